The van der Waals surface area contributed by atoms with Gasteiger partial charge >= 0.3 is 5.97 Å². The molecule has 0 saturated carbocycles. The van der Waals surface area contributed by atoms with Gasteiger partial charge in [0.15, 0.2) is 0 Å². The number of aliphatic hydroxyl groups excluding tert-OH is 1. The zero-order valence-electron chi connectivity index (χ0n) is 9.58. The van der Waals surface area contributed by atoms with Gasteiger partial charge in [-0.2, -0.15) is 0 Å². The molecule has 0 aliphatic heterocycles. The number of carbonyl (C=O) groups excluding carboxylic acids is 1. The molecular formula is C12H15FO3. The van der Waals surface area contributed by atoms with E-state index in [-0.39, 0.29) is 11.1 Å². The molecule has 88 valence electrons. The second kappa shape index (κ2) is 4.61. The van der Waals surface area contributed by atoms with Gasteiger partial charge in [-0.25, -0.2) is 9.18 Å². The summed E-state index contributed by atoms with van der Waals surface area (Å²) < 4.78 is 18.7. The molecule has 0 radical (unpaired) electrons. The summed E-state index contributed by atoms with van der Waals surface area (Å²) in [7, 11) is 0. The highest BCUT2D eigenvalue weighted by molar-refractivity contribution is 5.90. The molecule has 0 atom stereocenters. The average Bonchev–Trinajstić information content (AvgIpc) is 2.15. The molecule has 0 aliphatic carbocycles. The summed E-state index contributed by atoms with van der Waals surface area (Å²) in [5.41, 5.74) is -0.733. The molecule has 0 saturated heterocycles. The van der Waals surface area contributed by atoms with Crippen LogP contribution in [0.15, 0.2) is 18.2 Å². The Labute approximate surface area is 93.9 Å². The van der Waals surface area contributed by atoms with Crippen molar-refractivity contribution in [1.82, 2.24) is 0 Å². The summed E-state index contributed by atoms with van der Waals surface area (Å²) in [6, 6.07) is 4.26. The summed E-state index contributed by atoms with van der Waals surface area (Å²) in [4.78, 5) is 11.6. The lowest BCUT2D eigenvalue weighted by molar-refractivity contribution is 0.00643. The van der Waals surface area contributed by atoms with Gasteiger partial charge in [-0.05, 0) is 26.8 Å². The first-order chi connectivity index (χ1) is 7.35. The van der Waals surface area contributed by atoms with Crippen LogP contribution in [0.3, 0.4) is 0 Å². The highest BCUT2D eigenvalue weighted by atomic mass is 19.1. The van der Waals surface area contributed by atoms with E-state index in [4.69, 9.17) is 9.84 Å². The fourth-order valence-corrected chi connectivity index (χ4v) is 1.19. The summed E-state index contributed by atoms with van der Waals surface area (Å²) in [5.74, 6) is -1.44. The van der Waals surface area contributed by atoms with Crippen LogP contribution in [0.4, 0.5) is 4.39 Å². The molecule has 0 spiro atoms. The first-order valence-electron chi connectivity index (χ1n) is 4.97. The van der Waals surface area contributed by atoms with Crippen LogP contribution >= 0.6 is 0 Å². The molecule has 0 fully saturated rings. The molecule has 0 unspecified atom stereocenters. The Morgan fingerprint density at radius 3 is 2.56 bits per heavy atom. The van der Waals surface area contributed by atoms with Gasteiger partial charge < -0.3 is 9.84 Å². The Morgan fingerprint density at radius 2 is 2.06 bits per heavy atom. The zero-order valence-corrected chi connectivity index (χ0v) is 9.58. The number of hydrogen-bond donors (Lipinski definition) is 1. The van der Waals surface area contributed by atoms with Gasteiger partial charge in [-0.1, -0.05) is 12.1 Å². The Hall–Kier alpha value is -1.42. The van der Waals surface area contributed by atoms with Crippen LogP contribution in [0.1, 0.15) is 36.7 Å². The number of benzene rings is 1. The van der Waals surface area contributed by atoms with E-state index in [1.807, 2.05) is 0 Å². The average molecular weight is 226 g/mol. The minimum atomic E-state index is -0.723. The van der Waals surface area contributed by atoms with Crippen molar-refractivity contribution in [3.63, 3.8) is 0 Å². The van der Waals surface area contributed by atoms with Gasteiger partial charge in [0.2, 0.25) is 0 Å². The number of halogens is 1. The van der Waals surface area contributed by atoms with E-state index in [9.17, 15) is 9.18 Å². The highest BCUT2D eigenvalue weighted by Crippen LogP contribution is 2.17. The third-order valence-corrected chi connectivity index (χ3v) is 1.87. The van der Waals surface area contributed by atoms with Crippen LogP contribution in [0.2, 0.25) is 0 Å². The lowest BCUT2D eigenvalue weighted by Crippen LogP contribution is -2.24. The van der Waals surface area contributed by atoms with Crippen molar-refractivity contribution in [3.8, 4) is 0 Å². The van der Waals surface area contributed by atoms with E-state index in [1.54, 1.807) is 20.8 Å². The molecule has 0 heterocycles. The lowest BCUT2D eigenvalue weighted by atomic mass is 10.1. The second-order valence-corrected chi connectivity index (χ2v) is 4.44. The number of hydrogen-bond acceptors (Lipinski definition) is 3. The van der Waals surface area contributed by atoms with Crippen molar-refractivity contribution < 1.29 is 19.0 Å². The normalized spacial score (nSPS) is 11.3. The van der Waals surface area contributed by atoms with Crippen LogP contribution in [-0.2, 0) is 11.3 Å². The van der Waals surface area contributed by atoms with Crippen LogP contribution in [0.5, 0.6) is 0 Å². The van der Waals surface area contributed by atoms with Gasteiger partial charge in [0, 0.05) is 5.56 Å². The molecule has 1 aromatic rings. The van der Waals surface area contributed by atoms with Crippen LogP contribution in [0, 0.1) is 5.82 Å². The molecule has 1 N–H and O–H groups in total. The first-order valence-corrected chi connectivity index (χ1v) is 4.97. The summed E-state index contributed by atoms with van der Waals surface area (Å²) in [6.45, 7) is 4.68. The standard InChI is InChI=1S/C12H15FO3/c1-12(2,3)16-11(15)9-6-4-5-8(7-14)10(9)13/h4-6,14H,7H2,1-3H3. The maximum atomic E-state index is 13.6. The van der Waals surface area contributed by atoms with E-state index in [0.717, 1.165) is 0 Å². The second-order valence-electron chi connectivity index (χ2n) is 4.44. The quantitative estimate of drug-likeness (QED) is 0.787. The number of aliphatic hydroxyl groups is 1. The number of ether oxygens (including phenoxy) is 1. The maximum Gasteiger partial charge on any atom is 0.341 e. The molecule has 1 rings (SSSR count). The van der Waals surface area contributed by atoms with E-state index in [2.05, 4.69) is 0 Å². The smallest absolute Gasteiger partial charge is 0.341 e. The SMILES string of the molecule is CC(C)(C)OC(=O)c1cccc(CO)c1F. The molecule has 0 aliphatic rings. The van der Waals surface area contributed by atoms with Crippen molar-refractivity contribution in [1.29, 1.82) is 0 Å². The van der Waals surface area contributed by atoms with Gasteiger partial charge in [0.05, 0.1) is 12.2 Å². The third-order valence-electron chi connectivity index (χ3n) is 1.87. The topological polar surface area (TPSA) is 46.5 Å². The number of rotatable bonds is 2. The monoisotopic (exact) mass is 226 g/mol. The van der Waals surface area contributed by atoms with Gasteiger partial charge in [-0.15, -0.1) is 0 Å². The van der Waals surface area contributed by atoms with Crippen LogP contribution in [-0.4, -0.2) is 16.7 Å². The van der Waals surface area contributed by atoms with E-state index < -0.39 is 24.0 Å². The van der Waals surface area contributed by atoms with Crippen LogP contribution in [0.25, 0.3) is 0 Å². The lowest BCUT2D eigenvalue weighted by Gasteiger charge is -2.19. The Balaban J connectivity index is 3.01. The molecule has 1 aromatic carbocycles. The van der Waals surface area contributed by atoms with Crippen molar-refractivity contribution in [2.24, 2.45) is 0 Å². The summed E-state index contributed by atoms with van der Waals surface area (Å²) in [5, 5.41) is 8.87. The van der Waals surface area contributed by atoms with Crippen LogP contribution < -0.4 is 0 Å². The zero-order chi connectivity index (χ0) is 12.3. The molecule has 3 nitrogen and oxygen atoms in total. The van der Waals surface area contributed by atoms with Gasteiger partial charge in [0.1, 0.15) is 11.4 Å². The molecule has 16 heavy (non-hydrogen) atoms. The molecule has 0 aromatic heterocycles. The molecular weight excluding hydrogens is 211 g/mol. The Kier molecular flexibility index (Phi) is 3.65. The Bertz CT molecular complexity index is 394. The van der Waals surface area contributed by atoms with E-state index in [1.165, 1.54) is 18.2 Å². The molecule has 0 amide bonds. The van der Waals surface area contributed by atoms with Crippen molar-refractivity contribution in [2.45, 2.75) is 33.0 Å². The minimum absolute atomic E-state index is 0.0864. The fourth-order valence-electron chi connectivity index (χ4n) is 1.19. The molecule has 0 bridgehead atoms. The Morgan fingerprint density at radius 1 is 1.44 bits per heavy atom. The van der Waals surface area contributed by atoms with Crippen molar-refractivity contribution >= 4 is 5.97 Å². The van der Waals surface area contributed by atoms with E-state index >= 15 is 0 Å². The number of esters is 1. The third kappa shape index (κ3) is 3.03. The van der Waals surface area contributed by atoms with E-state index in [0.29, 0.717) is 0 Å². The molecule has 4 heteroatoms. The van der Waals surface area contributed by atoms with Crippen molar-refractivity contribution in [2.75, 3.05) is 0 Å². The highest BCUT2D eigenvalue weighted by Gasteiger charge is 2.21. The van der Waals surface area contributed by atoms with Gasteiger partial charge in [-0.3, -0.25) is 0 Å². The van der Waals surface area contributed by atoms with Gasteiger partial charge in [0.25, 0.3) is 0 Å². The summed E-state index contributed by atoms with van der Waals surface area (Å²) in [6.07, 6.45) is 0. The summed E-state index contributed by atoms with van der Waals surface area (Å²) >= 11 is 0. The first kappa shape index (κ1) is 12.6. The maximum absolute atomic E-state index is 13.6. The van der Waals surface area contributed by atoms with Crippen molar-refractivity contribution in [3.05, 3.63) is 35.1 Å². The number of carbonyl (C=O) groups is 1. The predicted molar refractivity (Wildman–Crippen MR) is 57.5 cm³/mol. The largest absolute Gasteiger partial charge is 0.456 e. The fraction of sp³-hybridized carbons (Fsp3) is 0.417. The predicted octanol–water partition coefficient (Wildman–Crippen LogP) is 2.27. The minimum Gasteiger partial charge on any atom is -0.456 e.